The molecule has 1 amide bonds. The Morgan fingerprint density at radius 3 is 2.71 bits per heavy atom. The fourth-order valence-electron chi connectivity index (χ4n) is 3.07. The third kappa shape index (κ3) is 3.79. The van der Waals surface area contributed by atoms with Crippen LogP contribution in [0.2, 0.25) is 10.0 Å². The molecule has 5 rings (SSSR count). The minimum atomic E-state index is -0.334. The molecule has 31 heavy (non-hydrogen) atoms. The van der Waals surface area contributed by atoms with E-state index in [0.717, 1.165) is 10.1 Å². The molecule has 6 nitrogen and oxygen atoms in total. The molecule has 152 valence electrons. The van der Waals surface area contributed by atoms with E-state index in [2.05, 4.69) is 20.4 Å². The summed E-state index contributed by atoms with van der Waals surface area (Å²) < 4.78 is 6.27. The molecule has 0 unspecified atom stereocenters. The minimum Gasteiger partial charge on any atom is -0.333 e. The summed E-state index contributed by atoms with van der Waals surface area (Å²) in [6.45, 7) is 0. The number of anilines is 1. The molecular weight excluding hydrogens is 455 g/mol. The van der Waals surface area contributed by atoms with Gasteiger partial charge in [-0.15, -0.1) is 11.3 Å². The summed E-state index contributed by atoms with van der Waals surface area (Å²) in [6, 6.07) is 18.0. The van der Waals surface area contributed by atoms with Crippen LogP contribution in [0.4, 0.5) is 5.69 Å². The number of rotatable bonds is 4. The number of nitrogens with one attached hydrogen (secondary N) is 1. The first kappa shape index (κ1) is 19.7. The first-order valence-electron chi connectivity index (χ1n) is 9.13. The molecule has 2 aromatic carbocycles. The third-order valence-electron chi connectivity index (χ3n) is 4.52. The Labute approximate surface area is 190 Å². The molecule has 0 bridgehead atoms. The highest BCUT2D eigenvalue weighted by Gasteiger charge is 2.20. The molecule has 0 atom stereocenters. The normalized spacial score (nSPS) is 11.0. The molecule has 0 aliphatic rings. The van der Waals surface area contributed by atoms with Gasteiger partial charge in [0, 0.05) is 21.3 Å². The number of thiophene rings is 1. The van der Waals surface area contributed by atoms with Crippen molar-refractivity contribution in [2.45, 2.75) is 0 Å². The molecule has 9 heteroatoms. The molecule has 0 aliphatic heterocycles. The van der Waals surface area contributed by atoms with Gasteiger partial charge < -0.3 is 9.84 Å². The summed E-state index contributed by atoms with van der Waals surface area (Å²) in [4.78, 5) is 22.1. The monoisotopic (exact) mass is 466 g/mol. The number of para-hydroxylation sites is 1. The second-order valence-corrected chi connectivity index (χ2v) is 8.39. The van der Waals surface area contributed by atoms with E-state index in [-0.39, 0.29) is 11.8 Å². The average molecular weight is 467 g/mol. The Morgan fingerprint density at radius 2 is 1.87 bits per heavy atom. The number of fused-ring (bicyclic) bond motifs is 1. The smallest absolute Gasteiger partial charge is 0.267 e. The number of hydrogen-bond donors (Lipinski definition) is 1. The molecule has 0 fully saturated rings. The molecule has 0 saturated heterocycles. The molecule has 3 aromatic heterocycles. The summed E-state index contributed by atoms with van der Waals surface area (Å²) in [6.07, 6.45) is 1.65. The van der Waals surface area contributed by atoms with Crippen molar-refractivity contribution in [2.75, 3.05) is 5.32 Å². The van der Waals surface area contributed by atoms with Crippen LogP contribution in [0.3, 0.4) is 0 Å². The maximum atomic E-state index is 13.0. The second kappa shape index (κ2) is 8.11. The maximum absolute atomic E-state index is 13.0. The van der Waals surface area contributed by atoms with E-state index in [0.29, 0.717) is 37.7 Å². The molecular formula is C22H12Cl2N4O2S. The fraction of sp³-hybridized carbons (Fsp3) is 0. The van der Waals surface area contributed by atoms with Gasteiger partial charge in [0.25, 0.3) is 11.8 Å². The lowest BCUT2D eigenvalue weighted by Crippen LogP contribution is -2.11. The topological polar surface area (TPSA) is 80.9 Å². The van der Waals surface area contributed by atoms with Gasteiger partial charge in [-0.05, 0) is 36.4 Å². The number of pyridine rings is 1. The van der Waals surface area contributed by atoms with E-state index in [4.69, 9.17) is 27.7 Å². The zero-order valence-corrected chi connectivity index (χ0v) is 18.0. The van der Waals surface area contributed by atoms with Crippen molar-refractivity contribution in [3.05, 3.63) is 81.8 Å². The van der Waals surface area contributed by atoms with Crippen LogP contribution in [0.25, 0.3) is 33.1 Å². The largest absolute Gasteiger partial charge is 0.333 e. The van der Waals surface area contributed by atoms with Gasteiger partial charge in [0.1, 0.15) is 10.6 Å². The zero-order valence-electron chi connectivity index (χ0n) is 15.7. The van der Waals surface area contributed by atoms with Gasteiger partial charge in [0.15, 0.2) is 0 Å². The van der Waals surface area contributed by atoms with Crippen molar-refractivity contribution in [1.82, 2.24) is 15.1 Å². The maximum Gasteiger partial charge on any atom is 0.267 e. The molecule has 3 heterocycles. The van der Waals surface area contributed by atoms with Crippen LogP contribution in [-0.2, 0) is 0 Å². The van der Waals surface area contributed by atoms with Gasteiger partial charge >= 0.3 is 0 Å². The molecule has 0 spiro atoms. The third-order valence-corrected chi connectivity index (χ3v) is 6.41. The van der Waals surface area contributed by atoms with Crippen molar-refractivity contribution in [3.8, 4) is 23.0 Å². The number of carbonyl (C=O) groups is 1. The quantitative estimate of drug-likeness (QED) is 0.323. The first-order chi connectivity index (χ1) is 15.1. The van der Waals surface area contributed by atoms with Crippen molar-refractivity contribution in [3.63, 3.8) is 0 Å². The Kier molecular flexibility index (Phi) is 5.15. The number of benzene rings is 2. The zero-order chi connectivity index (χ0) is 21.4. The lowest BCUT2D eigenvalue weighted by atomic mass is 10.1. The van der Waals surface area contributed by atoms with E-state index in [1.807, 2.05) is 18.2 Å². The van der Waals surface area contributed by atoms with Crippen LogP contribution in [0, 0.1) is 0 Å². The molecule has 5 aromatic rings. The lowest BCUT2D eigenvalue weighted by molar-refractivity contribution is 0.103. The van der Waals surface area contributed by atoms with E-state index in [1.54, 1.807) is 48.7 Å². The highest BCUT2D eigenvalue weighted by molar-refractivity contribution is 7.21. The number of amides is 1. The predicted octanol–water partition coefficient (Wildman–Crippen LogP) is 6.57. The Morgan fingerprint density at radius 1 is 1.03 bits per heavy atom. The van der Waals surface area contributed by atoms with Crippen LogP contribution in [0.15, 0.2) is 71.4 Å². The van der Waals surface area contributed by atoms with Crippen molar-refractivity contribution >= 4 is 56.2 Å². The van der Waals surface area contributed by atoms with E-state index < -0.39 is 0 Å². The Hall–Kier alpha value is -3.26. The standard InChI is InChI=1S/C22H12Cl2N4O2S/c23-12-8-9-14-17(11-12)31-19(18(14)24)21(29)26-15-6-2-1-5-13(15)22-27-20(28-30-22)16-7-3-4-10-25-16/h1-11H,(H,26,29). The van der Waals surface area contributed by atoms with Crippen LogP contribution in [-0.4, -0.2) is 21.0 Å². The summed E-state index contributed by atoms with van der Waals surface area (Å²) in [7, 11) is 0. The molecule has 0 aliphatic carbocycles. The predicted molar refractivity (Wildman–Crippen MR) is 123 cm³/mol. The van der Waals surface area contributed by atoms with Gasteiger partial charge in [0.2, 0.25) is 5.82 Å². The summed E-state index contributed by atoms with van der Waals surface area (Å²) >= 11 is 13.8. The van der Waals surface area contributed by atoms with Crippen LogP contribution in [0.1, 0.15) is 9.67 Å². The number of halogens is 2. The average Bonchev–Trinajstić information content (AvgIpc) is 3.40. The summed E-state index contributed by atoms with van der Waals surface area (Å²) in [5, 5.41) is 8.66. The number of hydrogen-bond acceptors (Lipinski definition) is 6. The van der Waals surface area contributed by atoms with Crippen molar-refractivity contribution in [1.29, 1.82) is 0 Å². The molecule has 0 radical (unpaired) electrons. The molecule has 1 N–H and O–H groups in total. The van der Waals surface area contributed by atoms with Crippen molar-refractivity contribution < 1.29 is 9.32 Å². The van der Waals surface area contributed by atoms with Gasteiger partial charge in [-0.25, -0.2) is 0 Å². The second-order valence-electron chi connectivity index (χ2n) is 6.52. The van der Waals surface area contributed by atoms with E-state index in [9.17, 15) is 4.79 Å². The SMILES string of the molecule is O=C(Nc1ccccc1-c1nc(-c2ccccn2)no1)c1sc2cc(Cl)ccc2c1Cl. The van der Waals surface area contributed by atoms with Gasteiger partial charge in [-0.1, -0.05) is 52.6 Å². The number of carbonyl (C=O) groups excluding carboxylic acids is 1. The fourth-order valence-corrected chi connectivity index (χ4v) is 4.76. The highest BCUT2D eigenvalue weighted by atomic mass is 35.5. The van der Waals surface area contributed by atoms with Crippen LogP contribution in [0.5, 0.6) is 0 Å². The molecule has 0 saturated carbocycles. The Bertz CT molecular complexity index is 1420. The van der Waals surface area contributed by atoms with Gasteiger partial charge in [-0.3, -0.25) is 9.78 Å². The van der Waals surface area contributed by atoms with E-state index in [1.165, 1.54) is 11.3 Å². The van der Waals surface area contributed by atoms with Gasteiger partial charge in [-0.2, -0.15) is 4.98 Å². The summed E-state index contributed by atoms with van der Waals surface area (Å²) in [5.74, 6) is 0.297. The van der Waals surface area contributed by atoms with Crippen LogP contribution >= 0.6 is 34.5 Å². The first-order valence-corrected chi connectivity index (χ1v) is 10.7. The van der Waals surface area contributed by atoms with Crippen LogP contribution < -0.4 is 5.32 Å². The highest BCUT2D eigenvalue weighted by Crippen LogP contribution is 2.37. The lowest BCUT2D eigenvalue weighted by Gasteiger charge is -2.07. The van der Waals surface area contributed by atoms with E-state index >= 15 is 0 Å². The van der Waals surface area contributed by atoms with Gasteiger partial charge in [0.05, 0.1) is 16.3 Å². The summed E-state index contributed by atoms with van der Waals surface area (Å²) in [5.41, 5.74) is 1.70. The number of nitrogens with zero attached hydrogens (tertiary/aromatic N) is 3. The van der Waals surface area contributed by atoms with Crippen molar-refractivity contribution in [2.24, 2.45) is 0 Å². The number of aromatic nitrogens is 3. The Balaban J connectivity index is 1.47. The minimum absolute atomic E-state index is 0.269.